The minimum atomic E-state index is -4.52. The van der Waals surface area contributed by atoms with Gasteiger partial charge >= 0.3 is 6.18 Å². The second-order valence-electron chi connectivity index (χ2n) is 5.59. The molecule has 0 aliphatic heterocycles. The van der Waals surface area contributed by atoms with Crippen LogP contribution in [-0.2, 0) is 6.18 Å². The summed E-state index contributed by atoms with van der Waals surface area (Å²) in [5.41, 5.74) is 2.15. The van der Waals surface area contributed by atoms with Gasteiger partial charge in [-0.25, -0.2) is 9.97 Å². The van der Waals surface area contributed by atoms with Gasteiger partial charge in [0.25, 0.3) is 0 Å². The molecule has 0 amide bonds. The van der Waals surface area contributed by atoms with E-state index < -0.39 is 11.9 Å². The summed E-state index contributed by atoms with van der Waals surface area (Å²) in [6.07, 6.45) is -0.180. The van der Waals surface area contributed by atoms with Gasteiger partial charge in [0.2, 0.25) is 5.95 Å². The first kappa shape index (κ1) is 17.7. The van der Waals surface area contributed by atoms with Gasteiger partial charge < -0.3 is 10.1 Å². The predicted molar refractivity (Wildman–Crippen MR) is 91.3 cm³/mol. The van der Waals surface area contributed by atoms with Crippen LogP contribution in [0.1, 0.15) is 11.3 Å². The van der Waals surface area contributed by atoms with Crippen molar-refractivity contribution in [2.24, 2.45) is 0 Å². The summed E-state index contributed by atoms with van der Waals surface area (Å²) >= 11 is 0. The summed E-state index contributed by atoms with van der Waals surface area (Å²) in [6, 6.07) is 8.17. The second-order valence-corrected chi connectivity index (χ2v) is 5.59. The van der Waals surface area contributed by atoms with Crippen molar-refractivity contribution < 1.29 is 17.9 Å². The number of nitrogens with one attached hydrogen (secondary N) is 1. The fourth-order valence-corrected chi connectivity index (χ4v) is 2.42. The van der Waals surface area contributed by atoms with Gasteiger partial charge in [-0.1, -0.05) is 6.07 Å². The number of rotatable bonds is 4. The summed E-state index contributed by atoms with van der Waals surface area (Å²) in [5, 5.41) is 2.82. The van der Waals surface area contributed by atoms with Gasteiger partial charge in [-0.15, -0.1) is 0 Å². The van der Waals surface area contributed by atoms with E-state index in [1.54, 1.807) is 31.6 Å². The minimum Gasteiger partial charge on any atom is -0.495 e. The van der Waals surface area contributed by atoms with Crippen molar-refractivity contribution in [3.63, 3.8) is 0 Å². The molecule has 3 aromatic rings. The Morgan fingerprint density at radius 1 is 1.04 bits per heavy atom. The monoisotopic (exact) mass is 360 g/mol. The highest BCUT2D eigenvalue weighted by Crippen LogP contribution is 2.30. The van der Waals surface area contributed by atoms with Crippen LogP contribution in [0, 0.1) is 6.92 Å². The van der Waals surface area contributed by atoms with Gasteiger partial charge in [0, 0.05) is 23.6 Å². The summed E-state index contributed by atoms with van der Waals surface area (Å²) in [5.74, 6) is 0.486. The lowest BCUT2D eigenvalue weighted by molar-refractivity contribution is -0.141. The van der Waals surface area contributed by atoms with Crippen molar-refractivity contribution in [3.8, 4) is 16.9 Å². The number of anilines is 2. The molecule has 0 aliphatic rings. The number of aromatic nitrogens is 3. The first-order valence-electron chi connectivity index (χ1n) is 7.63. The van der Waals surface area contributed by atoms with Gasteiger partial charge in [-0.3, -0.25) is 4.98 Å². The molecule has 0 aliphatic carbocycles. The number of nitrogens with zero attached hydrogens (tertiary/aromatic N) is 3. The Labute approximate surface area is 147 Å². The quantitative estimate of drug-likeness (QED) is 0.736. The Morgan fingerprint density at radius 3 is 2.58 bits per heavy atom. The molecule has 0 fully saturated rings. The standard InChI is InChI=1S/C18H15F3N4O/c1-11-5-12(13-8-15(26-2)10-22-9-13)7-14(6-11)24-17-23-4-3-16(25-17)18(19,20)21/h3-10H,1-2H3,(H,23,24,25). The number of halogens is 3. The zero-order chi connectivity index (χ0) is 18.7. The van der Waals surface area contributed by atoms with E-state index in [2.05, 4.69) is 20.3 Å². The molecule has 2 heterocycles. The lowest BCUT2D eigenvalue weighted by atomic mass is 10.0. The van der Waals surface area contributed by atoms with Crippen molar-refractivity contribution in [2.75, 3.05) is 12.4 Å². The smallest absolute Gasteiger partial charge is 0.433 e. The fourth-order valence-electron chi connectivity index (χ4n) is 2.42. The number of pyridine rings is 1. The molecule has 0 saturated carbocycles. The molecule has 134 valence electrons. The van der Waals surface area contributed by atoms with E-state index in [1.807, 2.05) is 19.1 Å². The Balaban J connectivity index is 1.93. The maximum atomic E-state index is 12.8. The average Bonchev–Trinajstić information content (AvgIpc) is 2.61. The molecule has 0 radical (unpaired) electrons. The Kier molecular flexibility index (Phi) is 4.75. The lowest BCUT2D eigenvalue weighted by Gasteiger charge is -2.11. The van der Waals surface area contributed by atoms with Crippen LogP contribution in [0.15, 0.2) is 48.9 Å². The zero-order valence-corrected chi connectivity index (χ0v) is 14.0. The van der Waals surface area contributed by atoms with Gasteiger partial charge in [0.15, 0.2) is 0 Å². The highest BCUT2D eigenvalue weighted by atomic mass is 19.4. The number of hydrogen-bond acceptors (Lipinski definition) is 5. The van der Waals surface area contributed by atoms with Gasteiger partial charge in [-0.2, -0.15) is 13.2 Å². The van der Waals surface area contributed by atoms with Crippen LogP contribution in [0.4, 0.5) is 24.8 Å². The first-order chi connectivity index (χ1) is 12.3. The lowest BCUT2D eigenvalue weighted by Crippen LogP contribution is -2.10. The molecule has 5 nitrogen and oxygen atoms in total. The van der Waals surface area contributed by atoms with Gasteiger partial charge in [0.1, 0.15) is 11.4 Å². The molecule has 26 heavy (non-hydrogen) atoms. The highest BCUT2D eigenvalue weighted by Gasteiger charge is 2.32. The van der Waals surface area contributed by atoms with E-state index >= 15 is 0 Å². The topological polar surface area (TPSA) is 59.9 Å². The largest absolute Gasteiger partial charge is 0.495 e. The summed E-state index contributed by atoms with van der Waals surface area (Å²) in [6.45, 7) is 1.88. The SMILES string of the molecule is COc1cncc(-c2cc(C)cc(Nc3nccc(C(F)(F)F)n3)c2)c1. The molecule has 0 bridgehead atoms. The van der Waals surface area contributed by atoms with Crippen LogP contribution in [0.3, 0.4) is 0 Å². The van der Waals surface area contributed by atoms with Crippen LogP contribution in [0.5, 0.6) is 5.75 Å². The number of hydrogen-bond donors (Lipinski definition) is 1. The van der Waals surface area contributed by atoms with Crippen LogP contribution in [0.2, 0.25) is 0 Å². The molecule has 3 rings (SSSR count). The van der Waals surface area contributed by atoms with Crippen LogP contribution >= 0.6 is 0 Å². The van der Waals surface area contributed by atoms with Gasteiger partial charge in [-0.05, 0) is 42.3 Å². The van der Waals surface area contributed by atoms with E-state index in [4.69, 9.17) is 4.74 Å². The van der Waals surface area contributed by atoms with Crippen LogP contribution in [0.25, 0.3) is 11.1 Å². The van der Waals surface area contributed by atoms with E-state index in [1.165, 1.54) is 0 Å². The van der Waals surface area contributed by atoms with E-state index in [0.717, 1.165) is 29.0 Å². The normalized spacial score (nSPS) is 11.3. The molecule has 0 spiro atoms. The van der Waals surface area contributed by atoms with E-state index in [-0.39, 0.29) is 5.95 Å². The minimum absolute atomic E-state index is 0.125. The third-order valence-electron chi connectivity index (χ3n) is 3.56. The van der Waals surface area contributed by atoms with Crippen LogP contribution in [-0.4, -0.2) is 22.1 Å². The highest BCUT2D eigenvalue weighted by molar-refractivity contribution is 5.71. The molecular weight excluding hydrogens is 345 g/mol. The van der Waals surface area contributed by atoms with Crippen molar-refractivity contribution >= 4 is 11.6 Å². The van der Waals surface area contributed by atoms with Crippen molar-refractivity contribution in [1.82, 2.24) is 15.0 Å². The molecule has 8 heteroatoms. The van der Waals surface area contributed by atoms with Gasteiger partial charge in [0.05, 0.1) is 13.3 Å². The van der Waals surface area contributed by atoms with E-state index in [9.17, 15) is 13.2 Å². The molecule has 2 aromatic heterocycles. The first-order valence-corrected chi connectivity index (χ1v) is 7.63. The zero-order valence-electron chi connectivity index (χ0n) is 14.0. The second kappa shape index (κ2) is 6.99. The van der Waals surface area contributed by atoms with Crippen molar-refractivity contribution in [2.45, 2.75) is 13.1 Å². The number of alkyl halides is 3. The Morgan fingerprint density at radius 2 is 1.85 bits per heavy atom. The molecule has 0 unspecified atom stereocenters. The number of aryl methyl sites for hydroxylation is 1. The van der Waals surface area contributed by atoms with Crippen molar-refractivity contribution in [1.29, 1.82) is 0 Å². The number of methoxy groups -OCH3 is 1. The molecule has 1 aromatic carbocycles. The third kappa shape index (κ3) is 4.08. The summed E-state index contributed by atoms with van der Waals surface area (Å²) in [4.78, 5) is 11.5. The number of ether oxygens (including phenoxy) is 1. The van der Waals surface area contributed by atoms with Crippen LogP contribution < -0.4 is 10.1 Å². The average molecular weight is 360 g/mol. The fraction of sp³-hybridized carbons (Fsp3) is 0.167. The maximum Gasteiger partial charge on any atom is 0.433 e. The Hall–Kier alpha value is -3.16. The molecular formula is C18H15F3N4O. The van der Waals surface area contributed by atoms with Crippen molar-refractivity contribution in [3.05, 3.63) is 60.2 Å². The Bertz CT molecular complexity index is 928. The molecule has 0 saturated heterocycles. The predicted octanol–water partition coefficient (Wildman–Crippen LogP) is 4.62. The number of benzene rings is 1. The molecule has 1 N–H and O–H groups in total. The summed E-state index contributed by atoms with van der Waals surface area (Å²) in [7, 11) is 1.55. The maximum absolute atomic E-state index is 12.8. The molecule has 0 atom stereocenters. The van der Waals surface area contributed by atoms with E-state index in [0.29, 0.717) is 11.4 Å². The third-order valence-corrected chi connectivity index (χ3v) is 3.56. The summed E-state index contributed by atoms with van der Waals surface area (Å²) < 4.78 is 43.5.